The Morgan fingerprint density at radius 2 is 1.79 bits per heavy atom. The second kappa shape index (κ2) is 4.63. The summed E-state index contributed by atoms with van der Waals surface area (Å²) < 4.78 is 0. The second-order valence-corrected chi connectivity index (χ2v) is 5.28. The van der Waals surface area contributed by atoms with Gasteiger partial charge in [-0.3, -0.25) is 0 Å². The molecule has 0 bridgehead atoms. The van der Waals surface area contributed by atoms with Gasteiger partial charge in [-0.15, -0.1) is 0 Å². The molecule has 2 rings (SSSR count). The van der Waals surface area contributed by atoms with E-state index < -0.39 is 0 Å². The van der Waals surface area contributed by atoms with Gasteiger partial charge in [0, 0.05) is 13.1 Å². The molecule has 2 unspecified atom stereocenters. The summed E-state index contributed by atoms with van der Waals surface area (Å²) in [5, 5.41) is 9.72. The molecule has 14 heavy (non-hydrogen) atoms. The Bertz CT molecular complexity index is 179. The van der Waals surface area contributed by atoms with Gasteiger partial charge in [0.15, 0.2) is 0 Å². The Balaban J connectivity index is 1.67. The lowest BCUT2D eigenvalue weighted by Gasteiger charge is -2.31. The van der Waals surface area contributed by atoms with E-state index in [1.54, 1.807) is 0 Å². The van der Waals surface area contributed by atoms with Crippen molar-refractivity contribution in [2.24, 2.45) is 11.8 Å². The predicted octanol–water partition coefficient (Wildman–Crippen LogP) is 1.88. The maximum Gasteiger partial charge on any atom is 0.0580 e. The number of hydrogen-bond donors (Lipinski definition) is 1. The summed E-state index contributed by atoms with van der Waals surface area (Å²) in [6.45, 7) is 2.36. The maximum absolute atomic E-state index is 9.72. The molecule has 0 spiro atoms. The Kier molecular flexibility index (Phi) is 3.45. The number of nitrogens with zero attached hydrogens (tertiary/aromatic N) is 1. The van der Waals surface area contributed by atoms with Crippen LogP contribution in [0.2, 0.25) is 0 Å². The number of aliphatic hydroxyl groups is 1. The SMILES string of the molecule is CN(CC1CCC1)CC1CCCC1O. The normalized spacial score (nSPS) is 33.6. The molecular formula is C12H23NO. The van der Waals surface area contributed by atoms with Gasteiger partial charge in [-0.05, 0) is 44.6 Å². The fraction of sp³-hybridized carbons (Fsp3) is 1.00. The molecule has 0 aromatic carbocycles. The van der Waals surface area contributed by atoms with Crippen molar-refractivity contribution in [1.29, 1.82) is 0 Å². The van der Waals surface area contributed by atoms with E-state index in [9.17, 15) is 5.11 Å². The predicted molar refractivity (Wildman–Crippen MR) is 58.2 cm³/mol. The third-order valence-corrected chi connectivity index (χ3v) is 3.96. The molecule has 0 radical (unpaired) electrons. The highest BCUT2D eigenvalue weighted by Gasteiger charge is 2.27. The third-order valence-electron chi connectivity index (χ3n) is 3.96. The van der Waals surface area contributed by atoms with Gasteiger partial charge < -0.3 is 10.0 Å². The quantitative estimate of drug-likeness (QED) is 0.744. The van der Waals surface area contributed by atoms with Crippen molar-refractivity contribution in [3.63, 3.8) is 0 Å². The average molecular weight is 197 g/mol. The highest BCUT2D eigenvalue weighted by Crippen LogP contribution is 2.29. The van der Waals surface area contributed by atoms with Crippen molar-refractivity contribution in [3.8, 4) is 0 Å². The van der Waals surface area contributed by atoms with Crippen LogP contribution in [0.25, 0.3) is 0 Å². The first-order valence-electron chi connectivity index (χ1n) is 6.12. The molecule has 1 N–H and O–H groups in total. The first-order chi connectivity index (χ1) is 6.75. The van der Waals surface area contributed by atoms with Crippen LogP contribution in [0.3, 0.4) is 0 Å². The minimum absolute atomic E-state index is 0.0150. The fourth-order valence-corrected chi connectivity index (χ4v) is 2.82. The largest absolute Gasteiger partial charge is 0.393 e. The Hall–Kier alpha value is -0.0800. The number of aliphatic hydroxyl groups excluding tert-OH is 1. The molecule has 0 aromatic rings. The van der Waals surface area contributed by atoms with Crippen molar-refractivity contribution in [2.45, 2.75) is 44.6 Å². The zero-order chi connectivity index (χ0) is 9.97. The Morgan fingerprint density at radius 1 is 1.07 bits per heavy atom. The van der Waals surface area contributed by atoms with Crippen LogP contribution >= 0.6 is 0 Å². The van der Waals surface area contributed by atoms with Crippen LogP contribution in [0.5, 0.6) is 0 Å². The van der Waals surface area contributed by atoms with Crippen molar-refractivity contribution < 1.29 is 5.11 Å². The molecule has 2 fully saturated rings. The summed E-state index contributed by atoms with van der Waals surface area (Å²) in [4.78, 5) is 2.43. The van der Waals surface area contributed by atoms with Gasteiger partial charge in [-0.1, -0.05) is 12.8 Å². The molecule has 2 atom stereocenters. The summed E-state index contributed by atoms with van der Waals surface area (Å²) in [5.41, 5.74) is 0. The molecule has 0 saturated heterocycles. The summed E-state index contributed by atoms with van der Waals surface area (Å²) >= 11 is 0. The van der Waals surface area contributed by atoms with Crippen LogP contribution in [0.4, 0.5) is 0 Å². The van der Waals surface area contributed by atoms with Gasteiger partial charge >= 0.3 is 0 Å². The Labute approximate surface area is 87.3 Å². The molecule has 0 aliphatic heterocycles. The fourth-order valence-electron chi connectivity index (χ4n) is 2.82. The lowest BCUT2D eigenvalue weighted by Crippen LogP contribution is -2.35. The lowest BCUT2D eigenvalue weighted by molar-refractivity contribution is 0.0984. The molecule has 0 aromatic heterocycles. The monoisotopic (exact) mass is 197 g/mol. The number of hydrogen-bond acceptors (Lipinski definition) is 2. The summed E-state index contributed by atoms with van der Waals surface area (Å²) in [6.07, 6.45) is 7.76. The van der Waals surface area contributed by atoms with Gasteiger partial charge in [-0.2, -0.15) is 0 Å². The third kappa shape index (κ3) is 2.48. The van der Waals surface area contributed by atoms with Gasteiger partial charge in [0.05, 0.1) is 6.10 Å². The molecule has 2 saturated carbocycles. The topological polar surface area (TPSA) is 23.5 Å². The van der Waals surface area contributed by atoms with E-state index in [1.165, 1.54) is 38.6 Å². The van der Waals surface area contributed by atoms with Crippen molar-refractivity contribution in [3.05, 3.63) is 0 Å². The second-order valence-electron chi connectivity index (χ2n) is 5.28. The van der Waals surface area contributed by atoms with Crippen LogP contribution in [0.15, 0.2) is 0 Å². The first-order valence-corrected chi connectivity index (χ1v) is 6.12. The van der Waals surface area contributed by atoms with Crippen molar-refractivity contribution in [2.75, 3.05) is 20.1 Å². The molecule has 82 valence electrons. The van der Waals surface area contributed by atoms with E-state index in [0.717, 1.165) is 18.9 Å². The van der Waals surface area contributed by atoms with Gasteiger partial charge in [0.25, 0.3) is 0 Å². The lowest BCUT2D eigenvalue weighted by atomic mass is 9.85. The number of rotatable bonds is 4. The van der Waals surface area contributed by atoms with E-state index >= 15 is 0 Å². The van der Waals surface area contributed by atoms with Crippen LogP contribution in [-0.2, 0) is 0 Å². The smallest absolute Gasteiger partial charge is 0.0580 e. The Morgan fingerprint density at radius 3 is 2.29 bits per heavy atom. The minimum atomic E-state index is -0.0150. The molecular weight excluding hydrogens is 174 g/mol. The van der Waals surface area contributed by atoms with Gasteiger partial charge in [-0.25, -0.2) is 0 Å². The van der Waals surface area contributed by atoms with Crippen LogP contribution in [0.1, 0.15) is 38.5 Å². The minimum Gasteiger partial charge on any atom is -0.393 e. The van der Waals surface area contributed by atoms with Crippen LogP contribution in [0, 0.1) is 11.8 Å². The highest BCUT2D eigenvalue weighted by molar-refractivity contribution is 4.80. The summed E-state index contributed by atoms with van der Waals surface area (Å²) in [6, 6.07) is 0. The van der Waals surface area contributed by atoms with Crippen LogP contribution in [-0.4, -0.2) is 36.2 Å². The molecule has 2 nitrogen and oxygen atoms in total. The molecule has 0 heterocycles. The average Bonchev–Trinajstić information content (AvgIpc) is 2.45. The first kappa shape index (κ1) is 10.4. The van der Waals surface area contributed by atoms with E-state index in [2.05, 4.69) is 11.9 Å². The van der Waals surface area contributed by atoms with Crippen LogP contribution < -0.4 is 0 Å². The molecule has 2 aliphatic rings. The molecule has 2 aliphatic carbocycles. The van der Waals surface area contributed by atoms with Crippen molar-refractivity contribution >= 4 is 0 Å². The summed E-state index contributed by atoms with van der Waals surface area (Å²) in [5.74, 6) is 1.51. The standard InChI is InChI=1S/C12H23NO/c1-13(8-10-4-2-5-10)9-11-6-3-7-12(11)14/h10-12,14H,2-9H2,1H3. The van der Waals surface area contributed by atoms with E-state index in [0.29, 0.717) is 5.92 Å². The summed E-state index contributed by atoms with van der Waals surface area (Å²) in [7, 11) is 2.21. The zero-order valence-corrected chi connectivity index (χ0v) is 9.28. The highest BCUT2D eigenvalue weighted by atomic mass is 16.3. The molecule has 2 heteroatoms. The van der Waals surface area contributed by atoms with E-state index in [-0.39, 0.29) is 6.10 Å². The molecule has 0 amide bonds. The van der Waals surface area contributed by atoms with Gasteiger partial charge in [0.1, 0.15) is 0 Å². The zero-order valence-electron chi connectivity index (χ0n) is 9.28. The van der Waals surface area contributed by atoms with E-state index in [4.69, 9.17) is 0 Å². The van der Waals surface area contributed by atoms with Crippen molar-refractivity contribution in [1.82, 2.24) is 4.90 Å². The van der Waals surface area contributed by atoms with Gasteiger partial charge in [0.2, 0.25) is 0 Å². The maximum atomic E-state index is 9.72. The van der Waals surface area contributed by atoms with E-state index in [1.807, 2.05) is 0 Å².